The molecule has 0 unspecified atom stereocenters. The van der Waals surface area contributed by atoms with Gasteiger partial charge in [0.05, 0.1) is 12.0 Å². The van der Waals surface area contributed by atoms with Crippen molar-refractivity contribution in [3.63, 3.8) is 0 Å². The van der Waals surface area contributed by atoms with E-state index in [0.717, 1.165) is 38.2 Å². The Bertz CT molecular complexity index is 559. The largest absolute Gasteiger partial charge is 0.392 e. The molecule has 1 aliphatic carbocycles. The number of rotatable bonds is 6. The van der Waals surface area contributed by atoms with Crippen LogP contribution in [0.1, 0.15) is 62.0 Å². The van der Waals surface area contributed by atoms with Crippen molar-refractivity contribution in [2.45, 2.75) is 63.7 Å². The molecule has 2 rings (SSSR count). The molecule has 0 bridgehead atoms. The molecule has 6 heteroatoms. The van der Waals surface area contributed by atoms with Crippen molar-refractivity contribution in [3.05, 3.63) is 47.0 Å². The topological polar surface area (TPSA) is 0 Å². The monoisotopic (exact) mass is 364 g/mol. The average molecular weight is 364 g/mol. The smallest absolute Gasteiger partial charge is 0.246 e. The highest BCUT2D eigenvalue weighted by Gasteiger charge is 2.25. The molecule has 1 aromatic rings. The third-order valence-electron chi connectivity index (χ3n) is 4.87. The molecule has 1 aliphatic rings. The first kappa shape index (κ1) is 19.9. The quantitative estimate of drug-likeness (QED) is 0.377. The lowest BCUT2D eigenvalue weighted by atomic mass is 9.77. The Hall–Kier alpha value is -1.46. The summed E-state index contributed by atoms with van der Waals surface area (Å²) in [4.78, 5) is 0. The van der Waals surface area contributed by atoms with Gasteiger partial charge in [-0.15, -0.1) is 0 Å². The maximum Gasteiger partial charge on any atom is 0.392 e. The Morgan fingerprint density at radius 3 is 2.08 bits per heavy atom. The second-order valence-electron chi connectivity index (χ2n) is 6.68. The Morgan fingerprint density at radius 1 is 0.960 bits per heavy atom. The van der Waals surface area contributed by atoms with E-state index in [1.54, 1.807) is 6.08 Å². The van der Waals surface area contributed by atoms with Gasteiger partial charge < -0.3 is 0 Å². The number of benzene rings is 1. The summed E-state index contributed by atoms with van der Waals surface area (Å²) in [6.45, 7) is -1.16. The van der Waals surface area contributed by atoms with Gasteiger partial charge in [0.15, 0.2) is 0 Å². The Labute approximate surface area is 143 Å². The van der Waals surface area contributed by atoms with Crippen LogP contribution in [0.5, 0.6) is 0 Å². The zero-order valence-electron chi connectivity index (χ0n) is 13.9. The summed E-state index contributed by atoms with van der Waals surface area (Å²) in [6.07, 6.45) is 2.43. The molecule has 25 heavy (non-hydrogen) atoms. The number of halogens is 6. The molecular weight excluding hydrogens is 342 g/mol. The molecule has 1 aromatic carbocycles. The number of hydrogen-bond donors (Lipinski definition) is 0. The molecule has 1 fully saturated rings. The number of allylic oxidation sites excluding steroid dienone is 2. The molecule has 0 saturated heterocycles. The third kappa shape index (κ3) is 6.08. The Kier molecular flexibility index (Phi) is 6.96. The minimum Gasteiger partial charge on any atom is -0.246 e. The number of hydrogen-bond acceptors (Lipinski definition) is 0. The minimum atomic E-state index is -4.16. The molecule has 0 spiro atoms. The third-order valence-corrected chi connectivity index (χ3v) is 4.87. The Balaban J connectivity index is 1.80. The van der Waals surface area contributed by atoms with Crippen LogP contribution in [0.25, 0.3) is 0 Å². The highest BCUT2D eigenvalue weighted by Crippen LogP contribution is 2.38. The maximum atomic E-state index is 13.7. The number of alkyl halides is 4. The zero-order chi connectivity index (χ0) is 18.4. The predicted molar refractivity (Wildman–Crippen MR) is 84.9 cm³/mol. The molecule has 0 aliphatic heterocycles. The van der Waals surface area contributed by atoms with Crippen LogP contribution in [-0.4, -0.2) is 6.18 Å². The van der Waals surface area contributed by atoms with Gasteiger partial charge in [-0.1, -0.05) is 12.2 Å². The fourth-order valence-electron chi connectivity index (χ4n) is 3.44. The van der Waals surface area contributed by atoms with Crippen LogP contribution in [0.15, 0.2) is 24.3 Å². The van der Waals surface area contributed by atoms with Crippen molar-refractivity contribution < 1.29 is 26.3 Å². The van der Waals surface area contributed by atoms with Crippen LogP contribution < -0.4 is 0 Å². The van der Waals surface area contributed by atoms with Crippen molar-refractivity contribution >= 4 is 0 Å². The zero-order valence-corrected chi connectivity index (χ0v) is 13.9. The second-order valence-corrected chi connectivity index (χ2v) is 6.68. The fraction of sp³-hybridized carbons (Fsp3) is 0.579. The van der Waals surface area contributed by atoms with Crippen LogP contribution in [-0.2, 0) is 6.67 Å². The van der Waals surface area contributed by atoms with E-state index in [1.807, 2.05) is 0 Å². The van der Waals surface area contributed by atoms with Crippen LogP contribution in [0, 0.1) is 17.6 Å². The van der Waals surface area contributed by atoms with Gasteiger partial charge in [0.2, 0.25) is 0 Å². The van der Waals surface area contributed by atoms with Crippen LogP contribution >= 0.6 is 0 Å². The van der Waals surface area contributed by atoms with Crippen molar-refractivity contribution in [2.75, 3.05) is 0 Å². The first-order valence-corrected chi connectivity index (χ1v) is 8.55. The average Bonchev–Trinajstić information content (AvgIpc) is 2.54. The van der Waals surface area contributed by atoms with Gasteiger partial charge in [-0.3, -0.25) is 0 Å². The lowest BCUT2D eigenvalue weighted by molar-refractivity contribution is -0.125. The molecule has 0 atom stereocenters. The van der Waals surface area contributed by atoms with E-state index in [4.69, 9.17) is 0 Å². The Morgan fingerprint density at radius 2 is 1.56 bits per heavy atom. The highest BCUT2D eigenvalue weighted by molar-refractivity contribution is 5.28. The van der Waals surface area contributed by atoms with E-state index < -0.39 is 36.5 Å². The van der Waals surface area contributed by atoms with E-state index in [9.17, 15) is 26.3 Å². The van der Waals surface area contributed by atoms with Crippen LogP contribution in [0.3, 0.4) is 0 Å². The second kappa shape index (κ2) is 8.77. The van der Waals surface area contributed by atoms with Gasteiger partial charge in [-0.2, -0.15) is 13.2 Å². The summed E-state index contributed by atoms with van der Waals surface area (Å²) in [5, 5.41) is 0. The molecule has 0 N–H and O–H groups in total. The van der Waals surface area contributed by atoms with Gasteiger partial charge in [0.1, 0.15) is 18.3 Å². The molecular formula is C19H22F6. The van der Waals surface area contributed by atoms with Crippen LogP contribution in [0.4, 0.5) is 26.3 Å². The standard InChI is InChI=1S/C19H22F6/c20-12-16-17(21)10-15(11-18(16)22)14-7-5-13(6-8-14)4-2-1-3-9-19(23,24)25/h1,3,10-11,13-14H,2,4-9,12H2/b3-1+. The summed E-state index contributed by atoms with van der Waals surface area (Å²) in [7, 11) is 0. The molecule has 140 valence electrons. The van der Waals surface area contributed by atoms with E-state index in [0.29, 0.717) is 17.9 Å². The van der Waals surface area contributed by atoms with Crippen LogP contribution in [0.2, 0.25) is 0 Å². The molecule has 0 aromatic heterocycles. The molecule has 1 saturated carbocycles. The van der Waals surface area contributed by atoms with Gasteiger partial charge in [-0.25, -0.2) is 13.2 Å². The van der Waals surface area contributed by atoms with E-state index in [2.05, 4.69) is 0 Å². The SMILES string of the molecule is FCc1c(F)cc(C2CCC(CC/C=C/CC(F)(F)F)CC2)cc1F. The lowest BCUT2D eigenvalue weighted by Crippen LogP contribution is -2.14. The molecule has 0 amide bonds. The van der Waals surface area contributed by atoms with Gasteiger partial charge >= 0.3 is 6.18 Å². The van der Waals surface area contributed by atoms with Crippen molar-refractivity contribution in [3.8, 4) is 0 Å². The minimum absolute atomic E-state index is 0.0506. The van der Waals surface area contributed by atoms with Crippen molar-refractivity contribution in [2.24, 2.45) is 5.92 Å². The van der Waals surface area contributed by atoms with E-state index >= 15 is 0 Å². The lowest BCUT2D eigenvalue weighted by Gasteiger charge is -2.29. The van der Waals surface area contributed by atoms with E-state index in [-0.39, 0.29) is 5.92 Å². The van der Waals surface area contributed by atoms with Gasteiger partial charge in [0.25, 0.3) is 0 Å². The maximum absolute atomic E-state index is 13.7. The summed E-state index contributed by atoms with van der Waals surface area (Å²) in [5.74, 6) is -1.20. The van der Waals surface area contributed by atoms with E-state index in [1.165, 1.54) is 12.1 Å². The van der Waals surface area contributed by atoms with Gasteiger partial charge in [-0.05, 0) is 68.1 Å². The molecule has 0 radical (unpaired) electrons. The molecule has 0 nitrogen and oxygen atoms in total. The van der Waals surface area contributed by atoms with Crippen molar-refractivity contribution in [1.29, 1.82) is 0 Å². The normalized spacial score (nSPS) is 21.8. The van der Waals surface area contributed by atoms with Gasteiger partial charge in [0, 0.05) is 0 Å². The summed E-state index contributed by atoms with van der Waals surface area (Å²) < 4.78 is 76.0. The highest BCUT2D eigenvalue weighted by atomic mass is 19.4. The first-order chi connectivity index (χ1) is 11.8. The predicted octanol–water partition coefficient (Wildman–Crippen LogP) is 7.00. The first-order valence-electron chi connectivity index (χ1n) is 8.55. The summed E-state index contributed by atoms with van der Waals surface area (Å²) in [6, 6.07) is 2.45. The summed E-state index contributed by atoms with van der Waals surface area (Å²) >= 11 is 0. The summed E-state index contributed by atoms with van der Waals surface area (Å²) in [5.41, 5.74) is 0.0406. The van der Waals surface area contributed by atoms with Crippen molar-refractivity contribution in [1.82, 2.24) is 0 Å². The molecule has 0 heterocycles. The fourth-order valence-corrected chi connectivity index (χ4v) is 3.44.